The van der Waals surface area contributed by atoms with Crippen LogP contribution in [0.15, 0.2) is 18.2 Å². The van der Waals surface area contributed by atoms with Crippen LogP contribution in [0.4, 0.5) is 5.69 Å². The molecule has 0 atom stereocenters. The van der Waals surface area contributed by atoms with Gasteiger partial charge in [0, 0.05) is 11.6 Å². The second-order valence-electron chi connectivity index (χ2n) is 5.30. The number of carbonyl (C=O) groups is 1. The highest BCUT2D eigenvalue weighted by Crippen LogP contribution is 2.27. The maximum Gasteiger partial charge on any atom is 0.310 e. The van der Waals surface area contributed by atoms with E-state index >= 15 is 0 Å². The summed E-state index contributed by atoms with van der Waals surface area (Å²) in [6.07, 6.45) is 0. The molecule has 0 radical (unpaired) electrons. The summed E-state index contributed by atoms with van der Waals surface area (Å²) in [5, 5.41) is 22.6. The average molecular weight is 282 g/mol. The van der Waals surface area contributed by atoms with Gasteiger partial charge in [0.05, 0.1) is 11.5 Å². The molecule has 7 heteroatoms. The van der Waals surface area contributed by atoms with Crippen LogP contribution in [-0.2, 0) is 11.4 Å². The molecule has 0 heterocycles. The summed E-state index contributed by atoms with van der Waals surface area (Å²) in [6, 6.07) is 4.02. The summed E-state index contributed by atoms with van der Waals surface area (Å²) in [7, 11) is 0. The largest absolute Gasteiger partial charge is 0.477 e. The van der Waals surface area contributed by atoms with E-state index in [9.17, 15) is 14.9 Å². The van der Waals surface area contributed by atoms with E-state index in [0.29, 0.717) is 5.56 Å². The molecule has 0 aliphatic heterocycles. The molecule has 1 rings (SSSR count). The predicted molar refractivity (Wildman–Crippen MR) is 72.4 cm³/mol. The van der Waals surface area contributed by atoms with Crippen LogP contribution in [0.2, 0.25) is 0 Å². The van der Waals surface area contributed by atoms with Crippen LogP contribution in [-0.4, -0.2) is 28.1 Å². The van der Waals surface area contributed by atoms with Crippen molar-refractivity contribution in [3.8, 4) is 5.75 Å². The van der Waals surface area contributed by atoms with Crippen molar-refractivity contribution in [2.24, 2.45) is 0 Å². The van der Waals surface area contributed by atoms with E-state index in [-0.39, 0.29) is 30.6 Å². The van der Waals surface area contributed by atoms with Gasteiger partial charge in [-0.25, -0.2) is 0 Å². The van der Waals surface area contributed by atoms with E-state index in [4.69, 9.17) is 9.84 Å². The number of amides is 1. The zero-order valence-corrected chi connectivity index (χ0v) is 11.7. The summed E-state index contributed by atoms with van der Waals surface area (Å²) >= 11 is 0. The zero-order valence-electron chi connectivity index (χ0n) is 11.7. The zero-order chi connectivity index (χ0) is 15.3. The Hall–Kier alpha value is -2.15. The van der Waals surface area contributed by atoms with Crippen LogP contribution in [0, 0.1) is 10.1 Å². The number of rotatable bonds is 5. The van der Waals surface area contributed by atoms with Crippen LogP contribution in [0.3, 0.4) is 0 Å². The van der Waals surface area contributed by atoms with Crippen molar-refractivity contribution in [3.05, 3.63) is 33.9 Å². The van der Waals surface area contributed by atoms with Crippen molar-refractivity contribution in [2.45, 2.75) is 32.9 Å². The van der Waals surface area contributed by atoms with Crippen molar-refractivity contribution >= 4 is 11.6 Å². The third-order valence-electron chi connectivity index (χ3n) is 2.28. The highest BCUT2D eigenvalue weighted by atomic mass is 16.6. The van der Waals surface area contributed by atoms with Gasteiger partial charge < -0.3 is 15.2 Å². The number of ether oxygens (including phenoxy) is 1. The smallest absolute Gasteiger partial charge is 0.310 e. The number of aliphatic hydroxyl groups excluding tert-OH is 1. The van der Waals surface area contributed by atoms with Crippen molar-refractivity contribution in [1.82, 2.24) is 5.32 Å². The molecular weight excluding hydrogens is 264 g/mol. The Kier molecular flexibility index (Phi) is 5.04. The van der Waals surface area contributed by atoms with Gasteiger partial charge in [0.1, 0.15) is 0 Å². The maximum absolute atomic E-state index is 11.6. The fourth-order valence-corrected chi connectivity index (χ4v) is 1.52. The number of hydrogen-bond donors (Lipinski definition) is 2. The predicted octanol–water partition coefficient (Wildman–Crippen LogP) is 1.38. The molecule has 0 bridgehead atoms. The molecular formula is C13H18N2O5. The van der Waals surface area contributed by atoms with E-state index in [0.717, 1.165) is 0 Å². The molecule has 0 saturated heterocycles. The fourth-order valence-electron chi connectivity index (χ4n) is 1.52. The fraction of sp³-hybridized carbons (Fsp3) is 0.462. The third kappa shape index (κ3) is 4.85. The van der Waals surface area contributed by atoms with E-state index in [2.05, 4.69) is 5.32 Å². The first kappa shape index (κ1) is 15.9. The van der Waals surface area contributed by atoms with Gasteiger partial charge >= 0.3 is 5.69 Å². The van der Waals surface area contributed by atoms with Crippen LogP contribution in [0.1, 0.15) is 26.3 Å². The van der Waals surface area contributed by atoms with Crippen molar-refractivity contribution in [1.29, 1.82) is 0 Å². The molecule has 110 valence electrons. The number of hydrogen-bond acceptors (Lipinski definition) is 5. The van der Waals surface area contributed by atoms with Crippen molar-refractivity contribution in [3.63, 3.8) is 0 Å². The Labute approximate surface area is 116 Å². The van der Waals surface area contributed by atoms with Gasteiger partial charge in [-0.05, 0) is 38.5 Å². The van der Waals surface area contributed by atoms with Gasteiger partial charge in [0.15, 0.2) is 12.4 Å². The minimum absolute atomic E-state index is 0.0365. The molecule has 0 saturated carbocycles. The number of carbonyl (C=O) groups excluding carboxylic acids is 1. The van der Waals surface area contributed by atoms with Crippen molar-refractivity contribution < 1.29 is 19.6 Å². The molecule has 0 aliphatic rings. The van der Waals surface area contributed by atoms with Gasteiger partial charge in [-0.2, -0.15) is 0 Å². The molecule has 0 aliphatic carbocycles. The summed E-state index contributed by atoms with van der Waals surface area (Å²) < 4.78 is 5.18. The molecule has 1 aromatic rings. The van der Waals surface area contributed by atoms with Crippen LogP contribution < -0.4 is 10.1 Å². The lowest BCUT2D eigenvalue weighted by molar-refractivity contribution is -0.385. The third-order valence-corrected chi connectivity index (χ3v) is 2.28. The Balaban J connectivity index is 2.80. The molecule has 0 unspecified atom stereocenters. The van der Waals surface area contributed by atoms with Crippen LogP contribution in [0.25, 0.3) is 0 Å². The molecule has 0 aromatic heterocycles. The second kappa shape index (κ2) is 6.33. The Morgan fingerprint density at radius 1 is 1.45 bits per heavy atom. The lowest BCUT2D eigenvalue weighted by Crippen LogP contribution is -2.43. The van der Waals surface area contributed by atoms with Gasteiger partial charge in [-0.3, -0.25) is 14.9 Å². The monoisotopic (exact) mass is 282 g/mol. The van der Waals surface area contributed by atoms with Crippen LogP contribution in [0.5, 0.6) is 5.75 Å². The number of nitrogens with zero attached hydrogens (tertiary/aromatic N) is 1. The van der Waals surface area contributed by atoms with Gasteiger partial charge in [0.2, 0.25) is 0 Å². The normalized spacial score (nSPS) is 11.0. The average Bonchev–Trinajstić information content (AvgIpc) is 2.33. The van der Waals surface area contributed by atoms with Crippen molar-refractivity contribution in [2.75, 3.05) is 6.61 Å². The second-order valence-corrected chi connectivity index (χ2v) is 5.30. The molecule has 0 fully saturated rings. The Morgan fingerprint density at radius 2 is 2.10 bits per heavy atom. The highest BCUT2D eigenvalue weighted by molar-refractivity contribution is 5.78. The van der Waals surface area contributed by atoms with Crippen LogP contribution >= 0.6 is 0 Å². The van der Waals surface area contributed by atoms with Gasteiger partial charge in [-0.15, -0.1) is 0 Å². The summed E-state index contributed by atoms with van der Waals surface area (Å²) in [4.78, 5) is 21.9. The minimum Gasteiger partial charge on any atom is -0.477 e. The van der Waals surface area contributed by atoms with Gasteiger partial charge in [-0.1, -0.05) is 0 Å². The number of aliphatic hydroxyl groups is 1. The molecule has 0 spiro atoms. The maximum atomic E-state index is 11.6. The van der Waals surface area contributed by atoms with E-state index in [1.54, 1.807) is 0 Å². The topological polar surface area (TPSA) is 102 Å². The number of nitrogens with one attached hydrogen (secondary N) is 1. The molecule has 7 nitrogen and oxygen atoms in total. The number of nitro benzene ring substituents is 1. The highest BCUT2D eigenvalue weighted by Gasteiger charge is 2.18. The molecule has 20 heavy (non-hydrogen) atoms. The Bertz CT molecular complexity index is 508. The first-order chi connectivity index (χ1) is 9.23. The first-order valence-electron chi connectivity index (χ1n) is 6.05. The summed E-state index contributed by atoms with van der Waals surface area (Å²) in [5.41, 5.74) is -0.174. The number of benzene rings is 1. The Morgan fingerprint density at radius 3 is 2.60 bits per heavy atom. The van der Waals surface area contributed by atoms with E-state index in [1.165, 1.54) is 18.2 Å². The lowest BCUT2D eigenvalue weighted by atomic mass is 10.1. The van der Waals surface area contributed by atoms with Gasteiger partial charge in [0.25, 0.3) is 5.91 Å². The quantitative estimate of drug-likeness (QED) is 0.627. The van der Waals surface area contributed by atoms with E-state index < -0.39 is 10.5 Å². The standard InChI is InChI=1S/C13H18N2O5/c1-13(2,3)14-12(17)8-20-11-6-9(7-16)4-5-10(11)15(18)19/h4-6,16H,7-8H2,1-3H3,(H,14,17). The summed E-state index contributed by atoms with van der Waals surface area (Å²) in [5.74, 6) is -0.410. The lowest BCUT2D eigenvalue weighted by Gasteiger charge is -2.20. The molecule has 1 amide bonds. The molecule has 1 aromatic carbocycles. The first-order valence-corrected chi connectivity index (χ1v) is 6.05. The SMILES string of the molecule is CC(C)(C)NC(=O)COc1cc(CO)ccc1[N+](=O)[O-]. The van der Waals surface area contributed by atoms with E-state index in [1.807, 2.05) is 20.8 Å². The minimum atomic E-state index is -0.599. The summed E-state index contributed by atoms with van der Waals surface area (Å²) in [6.45, 7) is 4.87. The molecule has 2 N–H and O–H groups in total. The number of nitro groups is 1.